The van der Waals surface area contributed by atoms with E-state index in [4.69, 9.17) is 10.5 Å². The van der Waals surface area contributed by atoms with Crippen LogP contribution in [0.4, 0.5) is 37.5 Å². The first-order valence-electron chi connectivity index (χ1n) is 7.30. The van der Waals surface area contributed by atoms with Crippen LogP contribution < -0.4 is 21.1 Å². The van der Waals surface area contributed by atoms with Gasteiger partial charge < -0.3 is 21.1 Å². The van der Waals surface area contributed by atoms with Crippen molar-refractivity contribution in [2.75, 3.05) is 23.5 Å². The number of nitrogen functional groups attached to an aromatic ring is 1. The number of hydrogen-bond donors (Lipinski definition) is 3. The number of ether oxygens (including phenoxy) is 1. The third-order valence-corrected chi connectivity index (χ3v) is 3.40. The van der Waals surface area contributed by atoms with E-state index in [1.54, 1.807) is 19.2 Å². The molecule has 1 aromatic heterocycles. The molecule has 8 heteroatoms. The summed E-state index contributed by atoms with van der Waals surface area (Å²) >= 11 is 0. The standard InChI is InChI=1S/C17H15F2N5O/c1-25-12-4-2-3-11(8-12)23-16-15(20)17(22-9-21-16)24-14-6-5-10(18)7-13(14)19/h2-9H,20H2,1H3,(H2,21,22,23,24). The Kier molecular flexibility index (Phi) is 4.60. The predicted molar refractivity (Wildman–Crippen MR) is 92.4 cm³/mol. The van der Waals surface area contributed by atoms with Crippen molar-refractivity contribution in [1.29, 1.82) is 0 Å². The average molecular weight is 343 g/mol. The van der Waals surface area contributed by atoms with E-state index in [0.29, 0.717) is 17.3 Å². The number of rotatable bonds is 5. The van der Waals surface area contributed by atoms with E-state index >= 15 is 0 Å². The summed E-state index contributed by atoms with van der Waals surface area (Å²) in [6.45, 7) is 0. The molecule has 1 heterocycles. The first-order valence-corrected chi connectivity index (χ1v) is 7.30. The second-order valence-corrected chi connectivity index (χ2v) is 5.09. The van der Waals surface area contributed by atoms with Crippen LogP contribution in [0.15, 0.2) is 48.8 Å². The molecule has 0 atom stereocenters. The van der Waals surface area contributed by atoms with Gasteiger partial charge in [0.15, 0.2) is 11.6 Å². The molecule has 0 unspecified atom stereocenters. The molecule has 25 heavy (non-hydrogen) atoms. The summed E-state index contributed by atoms with van der Waals surface area (Å²) in [6, 6.07) is 10.4. The van der Waals surface area contributed by atoms with Crippen molar-refractivity contribution in [2.45, 2.75) is 0 Å². The molecule has 6 nitrogen and oxygen atoms in total. The summed E-state index contributed by atoms with van der Waals surface area (Å²) in [5.41, 5.74) is 7.01. The van der Waals surface area contributed by atoms with Gasteiger partial charge in [0, 0.05) is 17.8 Å². The van der Waals surface area contributed by atoms with E-state index in [1.807, 2.05) is 12.1 Å². The quantitative estimate of drug-likeness (QED) is 0.653. The molecule has 0 saturated heterocycles. The number of nitrogens with two attached hydrogens (primary N) is 1. The van der Waals surface area contributed by atoms with E-state index < -0.39 is 11.6 Å². The van der Waals surface area contributed by atoms with Crippen LogP contribution in [0.1, 0.15) is 0 Å². The van der Waals surface area contributed by atoms with Crippen LogP contribution in [0.2, 0.25) is 0 Å². The Bertz CT molecular complexity index is 904. The normalized spacial score (nSPS) is 10.4. The highest BCUT2D eigenvalue weighted by molar-refractivity contribution is 5.80. The second kappa shape index (κ2) is 7.00. The fourth-order valence-electron chi connectivity index (χ4n) is 2.15. The smallest absolute Gasteiger partial charge is 0.159 e. The third-order valence-electron chi connectivity index (χ3n) is 3.40. The number of anilines is 5. The monoisotopic (exact) mass is 343 g/mol. The number of nitrogens with zero attached hydrogens (tertiary/aromatic N) is 2. The van der Waals surface area contributed by atoms with Crippen LogP contribution in [-0.2, 0) is 0 Å². The fourth-order valence-corrected chi connectivity index (χ4v) is 2.15. The summed E-state index contributed by atoms with van der Waals surface area (Å²) < 4.78 is 31.9. The number of aromatic nitrogens is 2. The molecule has 0 radical (unpaired) electrons. The molecule has 128 valence electrons. The van der Waals surface area contributed by atoms with Crippen LogP contribution in [0.5, 0.6) is 5.75 Å². The molecule has 0 aliphatic heterocycles. The summed E-state index contributed by atoms with van der Waals surface area (Å²) in [5.74, 6) is -0.206. The maximum absolute atomic E-state index is 13.8. The molecule has 0 bridgehead atoms. The Morgan fingerprint density at radius 1 is 1.00 bits per heavy atom. The zero-order chi connectivity index (χ0) is 17.8. The number of methoxy groups -OCH3 is 1. The lowest BCUT2D eigenvalue weighted by atomic mass is 10.2. The summed E-state index contributed by atoms with van der Waals surface area (Å²) in [6.07, 6.45) is 1.28. The molecule has 3 rings (SSSR count). The molecule has 2 aromatic carbocycles. The minimum Gasteiger partial charge on any atom is -0.497 e. The van der Waals surface area contributed by atoms with Gasteiger partial charge in [-0.25, -0.2) is 18.7 Å². The molecular weight excluding hydrogens is 328 g/mol. The number of hydrogen-bond acceptors (Lipinski definition) is 6. The van der Waals surface area contributed by atoms with Gasteiger partial charge >= 0.3 is 0 Å². The predicted octanol–water partition coefficient (Wildman–Crippen LogP) is 3.83. The maximum atomic E-state index is 13.8. The lowest BCUT2D eigenvalue weighted by Gasteiger charge is -2.13. The molecule has 0 aliphatic carbocycles. The fraction of sp³-hybridized carbons (Fsp3) is 0.0588. The number of halogens is 2. The molecular formula is C17H15F2N5O. The van der Waals surface area contributed by atoms with Crippen molar-refractivity contribution in [3.05, 3.63) is 60.4 Å². The first kappa shape index (κ1) is 16.4. The van der Waals surface area contributed by atoms with Crippen molar-refractivity contribution in [3.8, 4) is 5.75 Å². The Balaban J connectivity index is 1.86. The third kappa shape index (κ3) is 3.74. The minimum absolute atomic E-state index is 0.0548. The van der Waals surface area contributed by atoms with Crippen LogP contribution in [0.25, 0.3) is 0 Å². The molecule has 0 spiro atoms. The highest BCUT2D eigenvalue weighted by Gasteiger charge is 2.11. The van der Waals surface area contributed by atoms with Crippen molar-refractivity contribution < 1.29 is 13.5 Å². The minimum atomic E-state index is -0.750. The molecule has 0 aliphatic rings. The zero-order valence-electron chi connectivity index (χ0n) is 13.3. The van der Waals surface area contributed by atoms with Gasteiger partial charge in [0.2, 0.25) is 0 Å². The summed E-state index contributed by atoms with van der Waals surface area (Å²) in [7, 11) is 1.57. The van der Waals surface area contributed by atoms with Crippen molar-refractivity contribution in [1.82, 2.24) is 9.97 Å². The zero-order valence-corrected chi connectivity index (χ0v) is 13.3. The van der Waals surface area contributed by atoms with E-state index in [9.17, 15) is 8.78 Å². The first-order chi connectivity index (χ1) is 12.1. The highest BCUT2D eigenvalue weighted by atomic mass is 19.1. The second-order valence-electron chi connectivity index (χ2n) is 5.09. The van der Waals surface area contributed by atoms with Gasteiger partial charge in [0.1, 0.15) is 29.4 Å². The Labute approximate surface area is 142 Å². The Morgan fingerprint density at radius 2 is 1.76 bits per heavy atom. The summed E-state index contributed by atoms with van der Waals surface area (Å²) in [5, 5.41) is 5.78. The molecule has 0 fully saturated rings. The van der Waals surface area contributed by atoms with Gasteiger partial charge in [0.25, 0.3) is 0 Å². The molecule has 0 saturated carbocycles. The van der Waals surface area contributed by atoms with Gasteiger partial charge in [-0.2, -0.15) is 0 Å². The SMILES string of the molecule is COc1cccc(Nc2ncnc(Nc3ccc(F)cc3F)c2N)c1. The van der Waals surface area contributed by atoms with Gasteiger partial charge in [0.05, 0.1) is 12.8 Å². The van der Waals surface area contributed by atoms with Crippen LogP contribution in [0.3, 0.4) is 0 Å². The van der Waals surface area contributed by atoms with Gasteiger partial charge in [-0.15, -0.1) is 0 Å². The summed E-state index contributed by atoms with van der Waals surface area (Å²) in [4.78, 5) is 8.09. The van der Waals surface area contributed by atoms with Crippen molar-refractivity contribution in [2.24, 2.45) is 0 Å². The van der Waals surface area contributed by atoms with Crippen LogP contribution in [-0.4, -0.2) is 17.1 Å². The largest absolute Gasteiger partial charge is 0.497 e. The van der Waals surface area contributed by atoms with Crippen molar-refractivity contribution in [3.63, 3.8) is 0 Å². The topological polar surface area (TPSA) is 85.1 Å². The van der Waals surface area contributed by atoms with Crippen LogP contribution >= 0.6 is 0 Å². The van der Waals surface area contributed by atoms with Gasteiger partial charge in [-0.1, -0.05) is 6.07 Å². The Morgan fingerprint density at radius 3 is 2.48 bits per heavy atom. The van der Waals surface area contributed by atoms with E-state index in [1.165, 1.54) is 12.4 Å². The van der Waals surface area contributed by atoms with E-state index in [0.717, 1.165) is 12.1 Å². The number of nitrogens with one attached hydrogen (secondary N) is 2. The van der Waals surface area contributed by atoms with E-state index in [2.05, 4.69) is 20.6 Å². The van der Waals surface area contributed by atoms with Gasteiger partial charge in [-0.05, 0) is 24.3 Å². The Hall–Kier alpha value is -3.42. The van der Waals surface area contributed by atoms with Crippen LogP contribution in [0, 0.1) is 11.6 Å². The van der Waals surface area contributed by atoms with E-state index in [-0.39, 0.29) is 17.2 Å². The molecule has 3 aromatic rings. The average Bonchev–Trinajstić information content (AvgIpc) is 2.61. The molecule has 0 amide bonds. The van der Waals surface area contributed by atoms with Crippen molar-refractivity contribution >= 4 is 28.7 Å². The highest BCUT2D eigenvalue weighted by Crippen LogP contribution is 2.30. The van der Waals surface area contributed by atoms with Gasteiger partial charge in [-0.3, -0.25) is 0 Å². The maximum Gasteiger partial charge on any atom is 0.159 e. The number of benzene rings is 2. The lowest BCUT2D eigenvalue weighted by molar-refractivity contribution is 0.415. The lowest BCUT2D eigenvalue weighted by Crippen LogP contribution is -2.06. The molecule has 4 N–H and O–H groups in total.